The summed E-state index contributed by atoms with van der Waals surface area (Å²) in [6.07, 6.45) is 16.0. The van der Waals surface area contributed by atoms with Gasteiger partial charge in [-0.2, -0.15) is 4.37 Å². The van der Waals surface area contributed by atoms with E-state index in [1.807, 2.05) is 0 Å². The van der Waals surface area contributed by atoms with E-state index < -0.39 is 6.16 Å². The third kappa shape index (κ3) is 9.13. The van der Waals surface area contributed by atoms with E-state index in [0.717, 1.165) is 80.9 Å². The largest absolute Gasteiger partial charge is 0.512 e. The van der Waals surface area contributed by atoms with Crippen LogP contribution < -0.4 is 10.1 Å². The molecular weight excluding hydrogens is 705 g/mol. The van der Waals surface area contributed by atoms with Gasteiger partial charge in [-0.15, -0.1) is 4.37 Å². The van der Waals surface area contributed by atoms with E-state index in [1.54, 1.807) is 0 Å². The zero-order valence-electron chi connectivity index (χ0n) is 33.7. The van der Waals surface area contributed by atoms with Gasteiger partial charge in [0.1, 0.15) is 18.8 Å². The summed E-state index contributed by atoms with van der Waals surface area (Å²) >= 11 is 1.16. The van der Waals surface area contributed by atoms with Crippen LogP contribution in [-0.4, -0.2) is 94.3 Å². The highest BCUT2D eigenvalue weighted by Gasteiger charge is 2.62. The Hall–Kier alpha value is -2.28. The number of nitrogens with zero attached hydrogens (tertiary/aromatic N) is 3. The lowest BCUT2D eigenvalue weighted by Gasteiger charge is -2.62. The summed E-state index contributed by atoms with van der Waals surface area (Å²) in [7, 11) is 2.06. The number of hydrogen-bond acceptors (Lipinski definition) is 10. The van der Waals surface area contributed by atoms with Gasteiger partial charge < -0.3 is 29.7 Å². The van der Waals surface area contributed by atoms with Crippen molar-refractivity contribution in [2.75, 3.05) is 46.6 Å². The predicted molar refractivity (Wildman–Crippen MR) is 209 cm³/mol. The fourth-order valence-corrected chi connectivity index (χ4v) is 12.5. The third-order valence-electron chi connectivity index (χ3n) is 15.0. The van der Waals surface area contributed by atoms with E-state index in [9.17, 15) is 19.8 Å². The van der Waals surface area contributed by atoms with Crippen LogP contribution in [0, 0.1) is 46.3 Å². The summed E-state index contributed by atoms with van der Waals surface area (Å²) in [5.41, 5.74) is 2.27. The van der Waals surface area contributed by atoms with Crippen molar-refractivity contribution in [2.45, 2.75) is 136 Å². The summed E-state index contributed by atoms with van der Waals surface area (Å²) in [5.74, 6) is 3.38. The Morgan fingerprint density at radius 1 is 1.02 bits per heavy atom. The average molecular weight is 774 g/mol. The van der Waals surface area contributed by atoms with Gasteiger partial charge in [0.05, 0.1) is 50.7 Å². The number of nitrogens with one attached hydrogen (secondary N) is 1. The van der Waals surface area contributed by atoms with Crippen molar-refractivity contribution in [3.8, 4) is 5.88 Å². The number of fused-ring (bicyclic) bond motifs is 5. The first-order chi connectivity index (χ1) is 25.9. The second-order valence-corrected chi connectivity index (χ2v) is 19.1. The highest BCUT2D eigenvalue weighted by molar-refractivity contribution is 6.99. The third-order valence-corrected chi connectivity index (χ3v) is 15.5. The molecule has 0 aromatic carbocycles. The summed E-state index contributed by atoms with van der Waals surface area (Å²) in [5, 5.41) is 24.9. The van der Waals surface area contributed by atoms with Crippen LogP contribution in [0.25, 0.3) is 5.57 Å². The average Bonchev–Trinajstić information content (AvgIpc) is 3.76. The van der Waals surface area contributed by atoms with E-state index >= 15 is 0 Å². The SMILES string of the molecule is CCCCCCOc1nsnc1C1=CCC[N+](C)(COC(=O)OCCNC(=O)CC[C@@H](C)[C@H]2CC[C@H]3[C@@H]4[C@H](O)C[C@@H]5C[C@H](O)CC[C@]5(C)[C@H]4CC[C@]23C)C1. The van der Waals surface area contributed by atoms with Gasteiger partial charge in [0.2, 0.25) is 12.6 Å². The number of ether oxygens (including phenoxy) is 3. The second kappa shape index (κ2) is 17.9. The number of carbonyl (C=O) groups excluding carboxylic acids is 2. The molecular formula is C42H69N4O7S+. The van der Waals surface area contributed by atoms with Crippen molar-refractivity contribution >= 4 is 29.4 Å². The molecule has 4 aliphatic carbocycles. The van der Waals surface area contributed by atoms with Crippen LogP contribution in [0.15, 0.2) is 6.08 Å². The van der Waals surface area contributed by atoms with Gasteiger partial charge in [0.15, 0.2) is 0 Å². The first-order valence-electron chi connectivity index (χ1n) is 21.3. The normalized spacial score (nSPS) is 36.6. The van der Waals surface area contributed by atoms with Gasteiger partial charge in [-0.3, -0.25) is 9.28 Å². The molecule has 4 saturated carbocycles. The van der Waals surface area contributed by atoms with Gasteiger partial charge in [0.25, 0.3) is 5.88 Å². The van der Waals surface area contributed by atoms with E-state index in [-0.39, 0.29) is 48.8 Å². The molecule has 2 heterocycles. The maximum atomic E-state index is 12.9. The molecule has 5 aliphatic rings. The number of amides is 1. The smallest absolute Gasteiger partial charge is 0.475 e. The molecule has 1 aromatic rings. The quantitative estimate of drug-likeness (QED) is 0.0893. The second-order valence-electron chi connectivity index (χ2n) is 18.5. The fourth-order valence-electron chi connectivity index (χ4n) is 12.0. The summed E-state index contributed by atoms with van der Waals surface area (Å²) < 4.78 is 26.2. The lowest BCUT2D eigenvalue weighted by atomic mass is 9.43. The van der Waals surface area contributed by atoms with Crippen LogP contribution in [0.4, 0.5) is 4.79 Å². The number of hydrogen-bond donors (Lipinski definition) is 3. The zero-order valence-corrected chi connectivity index (χ0v) is 34.5. The maximum Gasteiger partial charge on any atom is 0.512 e. The first kappa shape index (κ1) is 41.4. The minimum atomic E-state index is -0.729. The number of aliphatic hydroxyl groups excluding tert-OH is 2. The number of likely N-dealkylation sites (N-methyl/N-ethyl adjacent to an activating group) is 1. The highest BCUT2D eigenvalue weighted by atomic mass is 32.1. The highest BCUT2D eigenvalue weighted by Crippen LogP contribution is 2.68. The number of rotatable bonds is 16. The molecule has 54 heavy (non-hydrogen) atoms. The van der Waals surface area contributed by atoms with Crippen LogP contribution in [-0.2, 0) is 14.3 Å². The molecule has 12 heteroatoms. The molecule has 0 spiro atoms. The first-order valence-corrected chi connectivity index (χ1v) is 22.0. The van der Waals surface area contributed by atoms with Crippen molar-refractivity contribution in [1.82, 2.24) is 14.1 Å². The van der Waals surface area contributed by atoms with Crippen molar-refractivity contribution < 1.29 is 38.5 Å². The molecule has 4 fully saturated rings. The maximum absolute atomic E-state index is 12.9. The number of carbonyl (C=O) groups is 2. The zero-order chi connectivity index (χ0) is 38.5. The van der Waals surface area contributed by atoms with Crippen LogP contribution >= 0.6 is 11.7 Å². The van der Waals surface area contributed by atoms with Gasteiger partial charge in [0, 0.05) is 18.4 Å². The van der Waals surface area contributed by atoms with Gasteiger partial charge in [-0.05, 0) is 111 Å². The van der Waals surface area contributed by atoms with E-state index in [0.29, 0.717) is 65.4 Å². The molecule has 3 N–H and O–H groups in total. The van der Waals surface area contributed by atoms with E-state index in [2.05, 4.69) is 54.9 Å². The molecule has 11 atom stereocenters. The van der Waals surface area contributed by atoms with Crippen molar-refractivity contribution in [3.63, 3.8) is 0 Å². The van der Waals surface area contributed by atoms with Crippen molar-refractivity contribution in [3.05, 3.63) is 11.8 Å². The number of aliphatic hydroxyl groups is 2. The molecule has 0 saturated heterocycles. The fraction of sp³-hybridized carbons (Fsp3) is 0.857. The van der Waals surface area contributed by atoms with Gasteiger partial charge in [-0.25, -0.2) is 4.79 Å². The molecule has 304 valence electrons. The van der Waals surface area contributed by atoms with Crippen LogP contribution in [0.1, 0.15) is 130 Å². The van der Waals surface area contributed by atoms with E-state index in [4.69, 9.17) is 14.2 Å². The Bertz CT molecular complexity index is 1460. The minimum absolute atomic E-state index is 0.0186. The van der Waals surface area contributed by atoms with E-state index in [1.165, 1.54) is 38.5 Å². The number of aromatic nitrogens is 2. The van der Waals surface area contributed by atoms with Crippen molar-refractivity contribution in [1.29, 1.82) is 0 Å². The Morgan fingerprint density at radius 3 is 2.63 bits per heavy atom. The van der Waals surface area contributed by atoms with Crippen LogP contribution in [0.3, 0.4) is 0 Å². The standard InChI is InChI=1S/C42H68N4O7S/c1-6-7-8-9-22-51-39-38(44-54-45-39)29-11-10-21-46(5,26-29)27-53-40(50)52-23-20-43-36(49)15-12-28(2)32-13-14-33-37-34(17-19-42(32,33)4)41(3)18-16-31(47)24-30(41)25-35(37)48/h11,28,30-35,37,47-48H,6-10,12-27H2,1-5H3/p+1/t28-,30+,31-,32-,33+,34+,35-,37+,41+,42-,46?/m1/s1. The molecule has 0 radical (unpaired) electrons. The molecule has 1 amide bonds. The Kier molecular flexibility index (Phi) is 13.7. The molecule has 1 unspecified atom stereocenters. The predicted octanol–water partition coefficient (Wildman–Crippen LogP) is 7.36. The molecule has 0 bridgehead atoms. The van der Waals surface area contributed by atoms with Crippen molar-refractivity contribution in [2.24, 2.45) is 46.3 Å². The number of unbranched alkanes of at least 4 members (excludes halogenated alkanes) is 3. The van der Waals surface area contributed by atoms with Gasteiger partial charge >= 0.3 is 6.16 Å². The minimum Gasteiger partial charge on any atom is -0.475 e. The summed E-state index contributed by atoms with van der Waals surface area (Å²) in [4.78, 5) is 25.4. The lowest BCUT2D eigenvalue weighted by molar-refractivity contribution is -0.919. The molecule has 1 aliphatic heterocycles. The van der Waals surface area contributed by atoms with Gasteiger partial charge in [-0.1, -0.05) is 53.0 Å². The monoisotopic (exact) mass is 773 g/mol. The molecule has 11 nitrogen and oxygen atoms in total. The summed E-state index contributed by atoms with van der Waals surface area (Å²) in [6.45, 7) is 12.0. The lowest BCUT2D eigenvalue weighted by Crippen LogP contribution is -2.58. The topological polar surface area (TPSA) is 140 Å². The molecule has 6 rings (SSSR count). The number of quaternary nitrogens is 1. The van der Waals surface area contributed by atoms with Crippen LogP contribution in [0.5, 0.6) is 5.88 Å². The molecule has 1 aromatic heterocycles. The van der Waals surface area contributed by atoms with Crippen LogP contribution in [0.2, 0.25) is 0 Å². The Morgan fingerprint density at radius 2 is 1.81 bits per heavy atom. The summed E-state index contributed by atoms with van der Waals surface area (Å²) in [6, 6.07) is 0. The Balaban J connectivity index is 0.883. The Labute approximate surface area is 327 Å².